The Morgan fingerprint density at radius 2 is 1.84 bits per heavy atom. The van der Waals surface area contributed by atoms with E-state index in [1.807, 2.05) is 35.9 Å². The van der Waals surface area contributed by atoms with Gasteiger partial charge in [-0.05, 0) is 72.5 Å². The molecule has 37 heavy (non-hydrogen) atoms. The lowest BCUT2D eigenvalue weighted by Gasteiger charge is -2.41. The summed E-state index contributed by atoms with van der Waals surface area (Å²) < 4.78 is 19.6. The highest BCUT2D eigenvalue weighted by molar-refractivity contribution is 7.97. The van der Waals surface area contributed by atoms with Gasteiger partial charge in [0, 0.05) is 57.9 Å². The molecule has 0 aliphatic carbocycles. The highest BCUT2D eigenvalue weighted by Gasteiger charge is 2.31. The molecule has 11 heteroatoms. The smallest absolute Gasteiger partial charge is 0.153 e. The SMILES string of the molecule is Cc1cc2c(cnn2-c2ccc(F)cc2)cc1C1CN(Sc2cnn(C)n2)CCN1Cc1ccn(C)n1. The Hall–Kier alpha value is -3.54. The Morgan fingerprint density at radius 1 is 1.00 bits per heavy atom. The largest absolute Gasteiger partial charge is 0.288 e. The number of hydrogen-bond donors (Lipinski definition) is 0. The summed E-state index contributed by atoms with van der Waals surface area (Å²) >= 11 is 1.65. The van der Waals surface area contributed by atoms with E-state index >= 15 is 0 Å². The van der Waals surface area contributed by atoms with Crippen LogP contribution in [0.5, 0.6) is 0 Å². The van der Waals surface area contributed by atoms with Crippen LogP contribution in [-0.4, -0.2) is 63.4 Å². The minimum atomic E-state index is -0.257. The van der Waals surface area contributed by atoms with Crippen molar-refractivity contribution < 1.29 is 4.39 Å². The molecule has 3 aromatic heterocycles. The Bertz CT molecular complexity index is 1540. The molecular formula is C26H28FN9S. The van der Waals surface area contributed by atoms with Crippen LogP contribution in [0.1, 0.15) is 22.9 Å². The van der Waals surface area contributed by atoms with E-state index in [4.69, 9.17) is 0 Å². The number of halogens is 1. The molecule has 1 unspecified atom stereocenters. The zero-order valence-corrected chi connectivity index (χ0v) is 21.8. The quantitative estimate of drug-likeness (QED) is 0.316. The van der Waals surface area contributed by atoms with Crippen molar-refractivity contribution in [1.29, 1.82) is 0 Å². The second kappa shape index (κ2) is 9.73. The highest BCUT2D eigenvalue weighted by Crippen LogP contribution is 2.35. The van der Waals surface area contributed by atoms with Gasteiger partial charge in [0.15, 0.2) is 5.03 Å². The summed E-state index contributed by atoms with van der Waals surface area (Å²) in [7, 11) is 3.79. The molecule has 0 saturated carbocycles. The second-order valence-corrected chi connectivity index (χ2v) is 10.5. The van der Waals surface area contributed by atoms with Crippen molar-refractivity contribution in [3.05, 3.63) is 83.7 Å². The van der Waals surface area contributed by atoms with Crippen molar-refractivity contribution in [1.82, 2.24) is 43.8 Å². The van der Waals surface area contributed by atoms with Crippen LogP contribution >= 0.6 is 11.9 Å². The normalized spacial score (nSPS) is 17.1. The van der Waals surface area contributed by atoms with Crippen molar-refractivity contribution >= 4 is 22.9 Å². The van der Waals surface area contributed by atoms with Gasteiger partial charge in [0.25, 0.3) is 0 Å². The molecular weight excluding hydrogens is 489 g/mol. The molecule has 0 amide bonds. The molecule has 1 fully saturated rings. The fraction of sp³-hybridized carbons (Fsp3) is 0.308. The van der Waals surface area contributed by atoms with E-state index < -0.39 is 0 Å². The molecule has 0 bridgehead atoms. The number of rotatable bonds is 6. The van der Waals surface area contributed by atoms with Crippen LogP contribution in [0.3, 0.4) is 0 Å². The lowest BCUT2D eigenvalue weighted by molar-refractivity contribution is 0.114. The third kappa shape index (κ3) is 4.89. The summed E-state index contributed by atoms with van der Waals surface area (Å²) in [5.41, 5.74) is 5.37. The molecule has 0 radical (unpaired) electrons. The molecule has 1 aliphatic heterocycles. The Morgan fingerprint density at radius 3 is 2.57 bits per heavy atom. The van der Waals surface area contributed by atoms with E-state index in [1.54, 1.807) is 35.1 Å². The van der Waals surface area contributed by atoms with Gasteiger partial charge in [0.2, 0.25) is 0 Å². The topological polar surface area (TPSA) is 72.8 Å². The molecule has 1 saturated heterocycles. The molecule has 0 N–H and O–H groups in total. The molecule has 190 valence electrons. The van der Waals surface area contributed by atoms with Gasteiger partial charge in [-0.1, -0.05) is 0 Å². The predicted molar refractivity (Wildman–Crippen MR) is 141 cm³/mol. The van der Waals surface area contributed by atoms with Crippen molar-refractivity contribution in [2.75, 3.05) is 19.6 Å². The molecule has 6 rings (SSSR count). The van der Waals surface area contributed by atoms with E-state index in [0.717, 1.165) is 53.5 Å². The van der Waals surface area contributed by atoms with Gasteiger partial charge in [-0.25, -0.2) is 13.4 Å². The first-order valence-corrected chi connectivity index (χ1v) is 13.0. The minimum absolute atomic E-state index is 0.165. The third-order valence-electron chi connectivity index (χ3n) is 6.78. The number of benzene rings is 2. The average Bonchev–Trinajstić information content (AvgIpc) is 3.60. The summed E-state index contributed by atoms with van der Waals surface area (Å²) in [5, 5.41) is 19.9. The zero-order valence-electron chi connectivity index (χ0n) is 21.0. The van der Waals surface area contributed by atoms with Crippen molar-refractivity contribution in [2.45, 2.75) is 24.5 Å². The fourth-order valence-electron chi connectivity index (χ4n) is 4.96. The van der Waals surface area contributed by atoms with E-state index in [1.165, 1.54) is 23.3 Å². The average molecular weight is 518 g/mol. The Labute approximate surface area is 218 Å². The number of aryl methyl sites for hydroxylation is 3. The summed E-state index contributed by atoms with van der Waals surface area (Å²) in [4.78, 5) is 4.10. The van der Waals surface area contributed by atoms with Crippen LogP contribution in [0, 0.1) is 12.7 Å². The number of hydrogen-bond acceptors (Lipinski definition) is 7. The van der Waals surface area contributed by atoms with Gasteiger partial charge < -0.3 is 0 Å². The first-order valence-electron chi connectivity index (χ1n) is 12.2. The van der Waals surface area contributed by atoms with Crippen LogP contribution in [0.2, 0.25) is 0 Å². The molecule has 1 aliphatic rings. The summed E-state index contributed by atoms with van der Waals surface area (Å²) in [6.45, 7) is 5.59. The molecule has 1 atom stereocenters. The molecule has 2 aromatic carbocycles. The van der Waals surface area contributed by atoms with Gasteiger partial charge in [-0.15, -0.1) is 5.10 Å². The monoisotopic (exact) mass is 517 g/mol. The zero-order chi connectivity index (χ0) is 25.5. The molecule has 4 heterocycles. The van der Waals surface area contributed by atoms with Crippen LogP contribution in [0.25, 0.3) is 16.6 Å². The van der Waals surface area contributed by atoms with Gasteiger partial charge >= 0.3 is 0 Å². The number of aromatic nitrogens is 7. The van der Waals surface area contributed by atoms with E-state index in [0.29, 0.717) is 0 Å². The van der Waals surface area contributed by atoms with Crippen molar-refractivity contribution in [3.63, 3.8) is 0 Å². The molecule has 5 aromatic rings. The van der Waals surface area contributed by atoms with Crippen LogP contribution in [0.15, 0.2) is 66.1 Å². The molecule has 9 nitrogen and oxygen atoms in total. The summed E-state index contributed by atoms with van der Waals surface area (Å²) in [5.74, 6) is -0.257. The number of nitrogens with zero attached hydrogens (tertiary/aromatic N) is 9. The van der Waals surface area contributed by atoms with E-state index in [2.05, 4.69) is 54.7 Å². The number of fused-ring (bicyclic) bond motifs is 1. The van der Waals surface area contributed by atoms with Gasteiger partial charge in [-0.2, -0.15) is 20.1 Å². The highest BCUT2D eigenvalue weighted by atomic mass is 32.2. The van der Waals surface area contributed by atoms with Crippen molar-refractivity contribution in [3.8, 4) is 5.69 Å². The summed E-state index contributed by atoms with van der Waals surface area (Å²) in [6.07, 6.45) is 5.69. The third-order valence-corrected chi connectivity index (χ3v) is 7.74. The standard InChI is InChI=1S/C26H28FN9S/c1-18-12-24-19(14-29-36(24)22-6-4-20(27)5-7-22)13-23(18)25-17-35(37-26-15-28-33(3)31-26)11-10-34(25)16-21-8-9-32(2)30-21/h4-9,12-15,25H,10-11,16-17H2,1-3H3. The maximum atomic E-state index is 13.5. The number of piperazine rings is 1. The maximum absolute atomic E-state index is 13.5. The Balaban J connectivity index is 1.34. The van der Waals surface area contributed by atoms with Gasteiger partial charge in [0.05, 0.1) is 29.3 Å². The van der Waals surface area contributed by atoms with Crippen LogP contribution in [-0.2, 0) is 20.6 Å². The van der Waals surface area contributed by atoms with Crippen molar-refractivity contribution in [2.24, 2.45) is 14.1 Å². The lowest BCUT2D eigenvalue weighted by atomic mass is 9.96. The second-order valence-electron chi connectivity index (χ2n) is 9.42. The first-order chi connectivity index (χ1) is 17.9. The predicted octanol–water partition coefficient (Wildman–Crippen LogP) is 3.90. The lowest BCUT2D eigenvalue weighted by Crippen LogP contribution is -2.45. The van der Waals surface area contributed by atoms with Crippen LogP contribution < -0.4 is 0 Å². The fourth-order valence-corrected chi connectivity index (χ4v) is 5.86. The van der Waals surface area contributed by atoms with E-state index in [9.17, 15) is 4.39 Å². The first kappa shape index (κ1) is 23.8. The maximum Gasteiger partial charge on any atom is 0.153 e. The Kier molecular flexibility index (Phi) is 6.27. The van der Waals surface area contributed by atoms with E-state index in [-0.39, 0.29) is 11.9 Å². The molecule has 0 spiro atoms. The van der Waals surface area contributed by atoms with Crippen LogP contribution in [0.4, 0.5) is 4.39 Å². The van der Waals surface area contributed by atoms with Gasteiger partial charge in [-0.3, -0.25) is 9.58 Å². The van der Waals surface area contributed by atoms with Gasteiger partial charge in [0.1, 0.15) is 5.82 Å². The summed E-state index contributed by atoms with van der Waals surface area (Å²) in [6, 6.07) is 13.1. The minimum Gasteiger partial charge on any atom is -0.288 e.